The molecule has 6 nitrogen and oxygen atoms in total. The van der Waals surface area contributed by atoms with E-state index in [1.165, 1.54) is 0 Å². The van der Waals surface area contributed by atoms with Gasteiger partial charge < -0.3 is 15.6 Å². The first kappa shape index (κ1) is 14.2. The second kappa shape index (κ2) is 5.89. The molecule has 86 valence electrons. The topological polar surface area (TPSA) is 85.8 Å². The van der Waals surface area contributed by atoms with Crippen molar-refractivity contribution in [3.8, 4) is 0 Å². The van der Waals surface area contributed by atoms with Crippen LogP contribution in [-0.4, -0.2) is 33.8 Å². The molecule has 3 N–H and O–H groups in total. The molecule has 0 aromatic carbocycles. The number of rotatable bonds is 2. The summed E-state index contributed by atoms with van der Waals surface area (Å²) >= 11 is 0. The molecule has 0 aliphatic carbocycles. The first-order valence-electron chi connectivity index (χ1n) is 4.23. The van der Waals surface area contributed by atoms with Crippen LogP contribution in [0.2, 0.25) is 0 Å². The Labute approximate surface area is 99.4 Å². The Bertz CT molecular complexity index is 340. The fourth-order valence-electron chi connectivity index (χ4n) is 1.41. The Morgan fingerprint density at radius 1 is 1.40 bits per heavy atom. The normalized spacial score (nSPS) is 13.3. The zero-order valence-corrected chi connectivity index (χ0v) is 9.61. The second-order valence-corrected chi connectivity index (χ2v) is 2.89. The van der Waals surface area contributed by atoms with Gasteiger partial charge in [0.05, 0.1) is 0 Å². The van der Waals surface area contributed by atoms with Crippen molar-refractivity contribution >= 4 is 30.7 Å². The van der Waals surface area contributed by atoms with Gasteiger partial charge in [-0.3, -0.25) is 4.79 Å². The van der Waals surface area contributed by atoms with E-state index in [0.29, 0.717) is 25.3 Å². The van der Waals surface area contributed by atoms with Gasteiger partial charge in [0.1, 0.15) is 5.82 Å². The van der Waals surface area contributed by atoms with Gasteiger partial charge in [0.2, 0.25) is 5.82 Å². The van der Waals surface area contributed by atoms with E-state index in [4.69, 9.17) is 5.73 Å². The van der Waals surface area contributed by atoms with Crippen molar-refractivity contribution in [3.63, 3.8) is 0 Å². The number of hydrogen-bond acceptors (Lipinski definition) is 4. The number of carbonyl (C=O) groups excluding carboxylic acids is 1. The van der Waals surface area contributed by atoms with Crippen LogP contribution in [0.1, 0.15) is 16.4 Å². The van der Waals surface area contributed by atoms with Crippen LogP contribution < -0.4 is 11.1 Å². The Morgan fingerprint density at radius 2 is 2.13 bits per heavy atom. The quantitative estimate of drug-likeness (QED) is 0.735. The van der Waals surface area contributed by atoms with Crippen molar-refractivity contribution < 1.29 is 4.79 Å². The number of nitrogens with zero attached hydrogens (tertiary/aromatic N) is 3. The molecule has 1 aromatic rings. The Hall–Kier alpha value is -0.850. The van der Waals surface area contributed by atoms with Gasteiger partial charge in [-0.15, -0.1) is 35.0 Å². The molecule has 2 rings (SSSR count). The summed E-state index contributed by atoms with van der Waals surface area (Å²) in [5, 5.41) is 10.4. The Balaban J connectivity index is 0.000000980. The number of fused-ring (bicyclic) bond motifs is 1. The van der Waals surface area contributed by atoms with E-state index < -0.39 is 0 Å². The van der Waals surface area contributed by atoms with Gasteiger partial charge in [-0.05, 0) is 6.54 Å². The lowest BCUT2D eigenvalue weighted by Crippen LogP contribution is -2.36. The second-order valence-electron chi connectivity index (χ2n) is 2.89. The number of carbonyl (C=O) groups is 1. The van der Waals surface area contributed by atoms with E-state index in [0.717, 1.165) is 12.4 Å². The van der Waals surface area contributed by atoms with E-state index in [9.17, 15) is 4.79 Å². The van der Waals surface area contributed by atoms with Crippen LogP contribution in [-0.2, 0) is 13.0 Å². The Morgan fingerprint density at radius 3 is 2.80 bits per heavy atom. The smallest absolute Gasteiger partial charge is 0.289 e. The van der Waals surface area contributed by atoms with E-state index >= 15 is 0 Å². The zero-order valence-electron chi connectivity index (χ0n) is 7.97. The maximum absolute atomic E-state index is 11.2. The molecule has 8 heteroatoms. The standard InChI is InChI=1S/C7H11N5O.2ClH/c8-2-1-5-10-11-6-7(13)9-3-4-12(5)6;;/h1-4,8H2,(H,9,13);2*1H. The van der Waals surface area contributed by atoms with E-state index in [1.807, 2.05) is 4.57 Å². The molecule has 15 heavy (non-hydrogen) atoms. The van der Waals surface area contributed by atoms with Crippen molar-refractivity contribution in [1.82, 2.24) is 20.1 Å². The fourth-order valence-corrected chi connectivity index (χ4v) is 1.41. The highest BCUT2D eigenvalue weighted by Crippen LogP contribution is 2.05. The lowest BCUT2D eigenvalue weighted by atomic mass is 10.3. The molecule has 1 aliphatic heterocycles. The van der Waals surface area contributed by atoms with Gasteiger partial charge in [0.15, 0.2) is 0 Å². The van der Waals surface area contributed by atoms with Crippen LogP contribution in [0, 0.1) is 0 Å². The summed E-state index contributed by atoms with van der Waals surface area (Å²) in [5.41, 5.74) is 5.41. The number of aromatic nitrogens is 3. The molecule has 0 bridgehead atoms. The minimum absolute atomic E-state index is 0. The number of halogens is 2. The highest BCUT2D eigenvalue weighted by molar-refractivity contribution is 5.91. The molecule has 0 fully saturated rings. The van der Waals surface area contributed by atoms with Gasteiger partial charge in [-0.25, -0.2) is 0 Å². The van der Waals surface area contributed by atoms with Crippen LogP contribution in [0.4, 0.5) is 0 Å². The maximum Gasteiger partial charge on any atom is 0.289 e. The molecular weight excluding hydrogens is 241 g/mol. The minimum Gasteiger partial charge on any atom is -0.348 e. The zero-order chi connectivity index (χ0) is 9.26. The summed E-state index contributed by atoms with van der Waals surface area (Å²) < 4.78 is 1.83. The monoisotopic (exact) mass is 253 g/mol. The predicted octanol–water partition coefficient (Wildman–Crippen LogP) is -0.634. The largest absolute Gasteiger partial charge is 0.348 e. The predicted molar refractivity (Wildman–Crippen MR) is 59.6 cm³/mol. The number of nitrogens with two attached hydrogens (primary N) is 1. The summed E-state index contributed by atoms with van der Waals surface area (Å²) in [5.74, 6) is 1.05. The van der Waals surface area contributed by atoms with E-state index in [-0.39, 0.29) is 30.7 Å². The van der Waals surface area contributed by atoms with Gasteiger partial charge >= 0.3 is 0 Å². The molecule has 1 aromatic heterocycles. The van der Waals surface area contributed by atoms with E-state index in [1.54, 1.807) is 0 Å². The highest BCUT2D eigenvalue weighted by atomic mass is 35.5. The fraction of sp³-hybridized carbons (Fsp3) is 0.571. The van der Waals surface area contributed by atoms with Crippen molar-refractivity contribution in [3.05, 3.63) is 11.6 Å². The molecule has 0 radical (unpaired) electrons. The van der Waals surface area contributed by atoms with Crippen LogP contribution >= 0.6 is 24.8 Å². The lowest BCUT2D eigenvalue weighted by Gasteiger charge is -2.14. The maximum atomic E-state index is 11.2. The van der Waals surface area contributed by atoms with Crippen molar-refractivity contribution in [2.24, 2.45) is 5.73 Å². The van der Waals surface area contributed by atoms with Crippen LogP contribution in [0.15, 0.2) is 0 Å². The number of nitrogens with one attached hydrogen (secondary N) is 1. The van der Waals surface area contributed by atoms with Crippen molar-refractivity contribution in [2.45, 2.75) is 13.0 Å². The third kappa shape index (κ3) is 2.58. The summed E-state index contributed by atoms with van der Waals surface area (Å²) in [6.45, 7) is 1.91. The molecule has 0 unspecified atom stereocenters. The SMILES string of the molecule is Cl.Cl.NCCc1nnc2n1CCNC2=O. The van der Waals surface area contributed by atoms with Gasteiger partial charge in [-0.1, -0.05) is 0 Å². The molecule has 1 aliphatic rings. The molecule has 0 saturated heterocycles. The summed E-state index contributed by atoms with van der Waals surface area (Å²) in [7, 11) is 0. The summed E-state index contributed by atoms with van der Waals surface area (Å²) in [4.78, 5) is 11.2. The molecule has 0 saturated carbocycles. The first-order valence-corrected chi connectivity index (χ1v) is 4.23. The summed E-state index contributed by atoms with van der Waals surface area (Å²) in [6.07, 6.45) is 0.667. The average molecular weight is 254 g/mol. The molecule has 1 amide bonds. The van der Waals surface area contributed by atoms with Crippen LogP contribution in [0.5, 0.6) is 0 Å². The third-order valence-electron chi connectivity index (χ3n) is 2.02. The third-order valence-corrected chi connectivity index (χ3v) is 2.02. The summed E-state index contributed by atoms with van der Waals surface area (Å²) in [6, 6.07) is 0. The minimum atomic E-state index is -0.151. The molecule has 0 atom stereocenters. The van der Waals surface area contributed by atoms with Gasteiger partial charge in [0, 0.05) is 19.5 Å². The lowest BCUT2D eigenvalue weighted by molar-refractivity contribution is 0.0921. The van der Waals surface area contributed by atoms with Crippen molar-refractivity contribution in [2.75, 3.05) is 13.1 Å². The molecular formula is C7H13Cl2N5O. The number of amides is 1. The first-order chi connectivity index (χ1) is 6.33. The number of hydrogen-bond donors (Lipinski definition) is 2. The van der Waals surface area contributed by atoms with Crippen LogP contribution in [0.25, 0.3) is 0 Å². The van der Waals surface area contributed by atoms with Crippen LogP contribution in [0.3, 0.4) is 0 Å². The van der Waals surface area contributed by atoms with Crippen molar-refractivity contribution in [1.29, 1.82) is 0 Å². The van der Waals surface area contributed by atoms with Gasteiger partial charge in [-0.2, -0.15) is 0 Å². The van der Waals surface area contributed by atoms with Gasteiger partial charge in [0.25, 0.3) is 5.91 Å². The highest BCUT2D eigenvalue weighted by Gasteiger charge is 2.21. The average Bonchev–Trinajstić information content (AvgIpc) is 2.51. The van der Waals surface area contributed by atoms with E-state index in [2.05, 4.69) is 15.5 Å². The molecule has 0 spiro atoms. The Kier molecular flexibility index (Phi) is 5.56. The molecule has 2 heterocycles.